The van der Waals surface area contributed by atoms with Gasteiger partial charge in [0.15, 0.2) is 0 Å². The predicted octanol–water partition coefficient (Wildman–Crippen LogP) is 7.45. The van der Waals surface area contributed by atoms with Crippen LogP contribution >= 0.6 is 69.1 Å². The Labute approximate surface area is 200 Å². The number of aromatic nitrogens is 4. The lowest BCUT2D eigenvalue weighted by molar-refractivity contribution is 0.226. The van der Waals surface area contributed by atoms with E-state index in [-0.39, 0.29) is 34.2 Å². The monoisotopic (exact) mass is 512 g/mol. The third kappa shape index (κ3) is 3.74. The lowest BCUT2D eigenvalue weighted by Gasteiger charge is -2.51. The van der Waals surface area contributed by atoms with Crippen molar-refractivity contribution in [3.8, 4) is 0 Å². The van der Waals surface area contributed by atoms with E-state index in [0.717, 1.165) is 11.4 Å². The van der Waals surface area contributed by atoms with Gasteiger partial charge in [0.25, 0.3) is 0 Å². The van der Waals surface area contributed by atoms with Crippen molar-refractivity contribution in [3.63, 3.8) is 0 Å². The average molecular weight is 514 g/mol. The standard InChI is InChI=1S/C20H12Cl4N4S2/c21-13-7-9(25-19(23)27-13)15-17(11-3-1-5-29-11)16(18(15)12-4-2-6-30-12)10-8-14(22)28-20(24)26-10/h1-8,15-18H/t15-,16?,17-,18-/m1/s1. The fourth-order valence-corrected chi connectivity index (χ4v) is 7.00. The summed E-state index contributed by atoms with van der Waals surface area (Å²) in [5.74, 6) is 0.331. The zero-order chi connectivity index (χ0) is 20.8. The highest BCUT2D eigenvalue weighted by Crippen LogP contribution is 2.67. The van der Waals surface area contributed by atoms with Gasteiger partial charge >= 0.3 is 0 Å². The lowest BCUT2D eigenvalue weighted by atomic mass is 9.53. The van der Waals surface area contributed by atoms with E-state index in [4.69, 9.17) is 46.4 Å². The number of rotatable bonds is 4. The SMILES string of the molecule is Clc1cc(C2[C@H](c3cccs3)[C@H](c3cc(Cl)nc(Cl)n3)[C@H]2c2cccs2)nc(Cl)n1. The first-order valence-electron chi connectivity index (χ1n) is 8.98. The number of hydrogen-bond acceptors (Lipinski definition) is 6. The normalized spacial score (nSPS) is 23.3. The molecule has 0 radical (unpaired) electrons. The molecule has 1 saturated carbocycles. The Morgan fingerprint density at radius 2 is 1.03 bits per heavy atom. The van der Waals surface area contributed by atoms with Gasteiger partial charge in [-0.3, -0.25) is 0 Å². The van der Waals surface area contributed by atoms with Crippen LogP contribution in [0.25, 0.3) is 0 Å². The maximum atomic E-state index is 6.23. The molecule has 30 heavy (non-hydrogen) atoms. The molecule has 0 unspecified atom stereocenters. The fraction of sp³-hybridized carbons (Fsp3) is 0.200. The number of thiophene rings is 2. The summed E-state index contributed by atoms with van der Waals surface area (Å²) < 4.78 is 0. The highest BCUT2D eigenvalue weighted by atomic mass is 35.5. The van der Waals surface area contributed by atoms with Gasteiger partial charge in [0, 0.05) is 33.4 Å². The summed E-state index contributed by atoms with van der Waals surface area (Å²) in [4.78, 5) is 19.6. The van der Waals surface area contributed by atoms with Crippen molar-refractivity contribution in [1.82, 2.24) is 19.9 Å². The molecule has 1 aliphatic rings. The molecule has 4 aromatic rings. The molecule has 0 atom stereocenters. The zero-order valence-corrected chi connectivity index (χ0v) is 19.7. The largest absolute Gasteiger partial charge is 0.224 e. The minimum Gasteiger partial charge on any atom is -0.223 e. The summed E-state index contributed by atoms with van der Waals surface area (Å²) in [5, 5.41) is 5.09. The van der Waals surface area contributed by atoms with Crippen LogP contribution in [-0.4, -0.2) is 19.9 Å². The quantitative estimate of drug-likeness (QED) is 0.210. The molecule has 4 heterocycles. The van der Waals surface area contributed by atoms with E-state index in [2.05, 4.69) is 42.8 Å². The first-order chi connectivity index (χ1) is 14.5. The Morgan fingerprint density at radius 3 is 1.37 bits per heavy atom. The van der Waals surface area contributed by atoms with E-state index < -0.39 is 0 Å². The molecular weight excluding hydrogens is 502 g/mol. The van der Waals surface area contributed by atoms with E-state index in [1.165, 1.54) is 9.75 Å². The highest BCUT2D eigenvalue weighted by Gasteiger charge is 2.55. The van der Waals surface area contributed by atoms with Crippen LogP contribution in [0.1, 0.15) is 44.8 Å². The topological polar surface area (TPSA) is 51.6 Å². The molecule has 1 aliphatic carbocycles. The summed E-state index contributed by atoms with van der Waals surface area (Å²) in [6.45, 7) is 0. The van der Waals surface area contributed by atoms with Crippen LogP contribution in [0.2, 0.25) is 20.9 Å². The van der Waals surface area contributed by atoms with Gasteiger partial charge in [-0.1, -0.05) is 35.3 Å². The van der Waals surface area contributed by atoms with Crippen molar-refractivity contribution in [2.45, 2.75) is 23.7 Å². The third-order valence-electron chi connectivity index (χ3n) is 5.35. The molecule has 4 aromatic heterocycles. The molecule has 0 aliphatic heterocycles. The van der Waals surface area contributed by atoms with Crippen molar-refractivity contribution >= 4 is 69.1 Å². The second kappa shape index (κ2) is 8.34. The van der Waals surface area contributed by atoms with Crippen molar-refractivity contribution in [2.75, 3.05) is 0 Å². The molecule has 0 amide bonds. The van der Waals surface area contributed by atoms with Crippen molar-refractivity contribution in [2.24, 2.45) is 0 Å². The molecule has 0 spiro atoms. The Bertz CT molecular complexity index is 1040. The van der Waals surface area contributed by atoms with Crippen LogP contribution in [0.5, 0.6) is 0 Å². The smallest absolute Gasteiger partial charge is 0.223 e. The van der Waals surface area contributed by atoms with Crippen molar-refractivity contribution in [1.29, 1.82) is 0 Å². The first-order valence-corrected chi connectivity index (χ1v) is 12.2. The van der Waals surface area contributed by atoms with Gasteiger partial charge in [-0.2, -0.15) is 0 Å². The Hall–Kier alpha value is -1.28. The molecular formula is C20H12Cl4N4S2. The van der Waals surface area contributed by atoms with E-state index in [9.17, 15) is 0 Å². The molecule has 0 aromatic carbocycles. The van der Waals surface area contributed by atoms with Gasteiger partial charge in [-0.25, -0.2) is 19.9 Å². The second-order valence-corrected chi connectivity index (χ2v) is 10.3. The lowest BCUT2D eigenvalue weighted by Crippen LogP contribution is -2.40. The predicted molar refractivity (Wildman–Crippen MR) is 124 cm³/mol. The highest BCUT2D eigenvalue weighted by molar-refractivity contribution is 7.10. The molecule has 152 valence electrons. The molecule has 1 fully saturated rings. The van der Waals surface area contributed by atoms with Gasteiger partial charge in [0.05, 0.1) is 11.4 Å². The molecule has 0 N–H and O–H groups in total. The van der Waals surface area contributed by atoms with Crippen LogP contribution in [0.3, 0.4) is 0 Å². The fourth-order valence-electron chi connectivity index (χ4n) is 4.31. The number of hydrogen-bond donors (Lipinski definition) is 0. The minimum absolute atomic E-state index is 0.0535. The van der Waals surface area contributed by atoms with Crippen LogP contribution in [0.4, 0.5) is 0 Å². The molecule has 10 heteroatoms. The van der Waals surface area contributed by atoms with Crippen molar-refractivity contribution < 1.29 is 0 Å². The Kier molecular flexibility index (Phi) is 5.73. The molecule has 0 saturated heterocycles. The Morgan fingerprint density at radius 1 is 0.600 bits per heavy atom. The van der Waals surface area contributed by atoms with E-state index in [1.807, 2.05) is 12.1 Å². The van der Waals surface area contributed by atoms with E-state index in [1.54, 1.807) is 34.8 Å². The summed E-state index contributed by atoms with van der Waals surface area (Å²) in [6.07, 6.45) is 0. The number of nitrogens with zero attached hydrogens (tertiary/aromatic N) is 4. The van der Waals surface area contributed by atoms with Gasteiger partial charge in [-0.05, 0) is 58.2 Å². The van der Waals surface area contributed by atoms with Crippen LogP contribution < -0.4 is 0 Å². The Balaban J connectivity index is 1.70. The summed E-state index contributed by atoms with van der Waals surface area (Å²) in [7, 11) is 0. The molecule has 5 rings (SSSR count). The van der Waals surface area contributed by atoms with Gasteiger partial charge < -0.3 is 0 Å². The maximum Gasteiger partial charge on any atom is 0.224 e. The number of halogens is 4. The van der Waals surface area contributed by atoms with E-state index in [0.29, 0.717) is 10.3 Å². The van der Waals surface area contributed by atoms with Gasteiger partial charge in [-0.15, -0.1) is 22.7 Å². The second-order valence-electron chi connectivity index (χ2n) is 6.90. The van der Waals surface area contributed by atoms with Crippen LogP contribution in [0.15, 0.2) is 47.2 Å². The van der Waals surface area contributed by atoms with Gasteiger partial charge in [0.2, 0.25) is 10.6 Å². The third-order valence-corrected chi connectivity index (χ3v) is 8.02. The van der Waals surface area contributed by atoms with E-state index >= 15 is 0 Å². The maximum absolute atomic E-state index is 6.23. The summed E-state index contributed by atoms with van der Waals surface area (Å²) in [6, 6.07) is 12.0. The van der Waals surface area contributed by atoms with Crippen LogP contribution in [0, 0.1) is 0 Å². The van der Waals surface area contributed by atoms with Crippen LogP contribution in [-0.2, 0) is 0 Å². The minimum atomic E-state index is 0.0535. The first kappa shape index (κ1) is 20.6. The van der Waals surface area contributed by atoms with Gasteiger partial charge in [0.1, 0.15) is 10.3 Å². The van der Waals surface area contributed by atoms with Crippen molar-refractivity contribution in [3.05, 3.63) is 89.2 Å². The zero-order valence-electron chi connectivity index (χ0n) is 15.0. The summed E-state index contributed by atoms with van der Waals surface area (Å²) >= 11 is 28.2. The average Bonchev–Trinajstić information content (AvgIpc) is 3.33. The molecule has 4 nitrogen and oxygen atoms in total. The molecule has 0 bridgehead atoms. The summed E-state index contributed by atoms with van der Waals surface area (Å²) in [5.41, 5.74) is 1.64.